The van der Waals surface area contributed by atoms with Gasteiger partial charge >= 0.3 is 0 Å². The van der Waals surface area contributed by atoms with Crippen molar-refractivity contribution in [3.05, 3.63) is 95.1 Å². The van der Waals surface area contributed by atoms with Gasteiger partial charge in [-0.25, -0.2) is 0 Å². The Balaban J connectivity index is 1.95. The first-order valence-electron chi connectivity index (χ1n) is 8.01. The molecule has 0 radical (unpaired) electrons. The lowest BCUT2D eigenvalue weighted by Crippen LogP contribution is -2.30. The molecular formula is C20H19N3O2. The first kappa shape index (κ1) is 16.8. The van der Waals surface area contributed by atoms with E-state index in [1.54, 1.807) is 24.5 Å². The summed E-state index contributed by atoms with van der Waals surface area (Å²) in [6.45, 7) is 1.88. The quantitative estimate of drug-likeness (QED) is 0.753. The van der Waals surface area contributed by atoms with Crippen molar-refractivity contribution >= 4 is 5.91 Å². The maximum atomic E-state index is 12.7. The molecule has 3 rings (SSSR count). The number of aryl methyl sites for hydroxylation is 1. The van der Waals surface area contributed by atoms with Gasteiger partial charge in [-0.15, -0.1) is 0 Å². The molecule has 25 heavy (non-hydrogen) atoms. The van der Waals surface area contributed by atoms with Gasteiger partial charge in [0.15, 0.2) is 0 Å². The summed E-state index contributed by atoms with van der Waals surface area (Å²) in [7, 11) is 0. The van der Waals surface area contributed by atoms with E-state index in [1.807, 2.05) is 43.3 Å². The molecule has 5 heteroatoms. The van der Waals surface area contributed by atoms with E-state index in [0.717, 1.165) is 16.7 Å². The second kappa shape index (κ2) is 7.68. The van der Waals surface area contributed by atoms with Crippen LogP contribution in [0.2, 0.25) is 0 Å². The highest BCUT2D eigenvalue weighted by molar-refractivity contribution is 5.93. The maximum Gasteiger partial charge on any atom is 0.270 e. The van der Waals surface area contributed by atoms with E-state index in [2.05, 4.69) is 15.3 Å². The van der Waals surface area contributed by atoms with Crippen LogP contribution in [0.25, 0.3) is 0 Å². The lowest BCUT2D eigenvalue weighted by Gasteiger charge is -2.21. The number of benzene rings is 1. The number of aromatic nitrogens is 2. The molecule has 0 aliphatic heterocycles. The van der Waals surface area contributed by atoms with Crippen LogP contribution in [0.1, 0.15) is 38.8 Å². The molecule has 126 valence electrons. The molecule has 1 atom stereocenters. The first-order valence-corrected chi connectivity index (χ1v) is 8.01. The van der Waals surface area contributed by atoms with Gasteiger partial charge in [0, 0.05) is 18.6 Å². The van der Waals surface area contributed by atoms with Crippen molar-refractivity contribution < 1.29 is 9.90 Å². The third-order valence-electron chi connectivity index (χ3n) is 4.05. The fourth-order valence-corrected chi connectivity index (χ4v) is 2.71. The first-order chi connectivity index (χ1) is 12.2. The van der Waals surface area contributed by atoms with Gasteiger partial charge in [0.2, 0.25) is 0 Å². The smallest absolute Gasteiger partial charge is 0.270 e. The Hall–Kier alpha value is -3.05. The highest BCUT2D eigenvalue weighted by atomic mass is 16.3. The number of nitrogens with zero attached hydrogens (tertiary/aromatic N) is 2. The van der Waals surface area contributed by atoms with Crippen molar-refractivity contribution in [2.75, 3.05) is 0 Å². The molecule has 5 nitrogen and oxygen atoms in total. The molecule has 1 amide bonds. The summed E-state index contributed by atoms with van der Waals surface area (Å²) >= 11 is 0. The second-order valence-electron chi connectivity index (χ2n) is 5.75. The van der Waals surface area contributed by atoms with Crippen LogP contribution in [-0.2, 0) is 6.61 Å². The SMILES string of the molecule is Cc1ccccc1C(NC(=O)c1cc(CO)ccn1)c1ccncc1. The summed E-state index contributed by atoms with van der Waals surface area (Å²) in [5.41, 5.74) is 3.97. The van der Waals surface area contributed by atoms with Gasteiger partial charge in [0.1, 0.15) is 5.69 Å². The Kier molecular flexibility index (Phi) is 5.16. The van der Waals surface area contributed by atoms with Gasteiger partial charge in [0.25, 0.3) is 5.91 Å². The van der Waals surface area contributed by atoms with Crippen molar-refractivity contribution in [1.82, 2.24) is 15.3 Å². The standard InChI is InChI=1S/C20H19N3O2/c1-14-4-2-3-5-17(14)19(16-7-9-21-10-8-16)23-20(25)18-12-15(13-24)6-11-22-18/h2-12,19,24H,13H2,1H3,(H,23,25). The van der Waals surface area contributed by atoms with Crippen LogP contribution in [0, 0.1) is 6.92 Å². The molecular weight excluding hydrogens is 314 g/mol. The minimum atomic E-state index is -0.309. The van der Waals surface area contributed by atoms with Crippen LogP contribution in [0.15, 0.2) is 67.1 Å². The van der Waals surface area contributed by atoms with Crippen molar-refractivity contribution in [3.63, 3.8) is 0 Å². The number of hydrogen-bond donors (Lipinski definition) is 2. The van der Waals surface area contributed by atoms with Gasteiger partial charge in [-0.1, -0.05) is 24.3 Å². The average Bonchev–Trinajstić information content (AvgIpc) is 2.67. The number of pyridine rings is 2. The second-order valence-corrected chi connectivity index (χ2v) is 5.75. The van der Waals surface area contributed by atoms with Crippen molar-refractivity contribution in [2.24, 2.45) is 0 Å². The minimum absolute atomic E-state index is 0.131. The Morgan fingerprint density at radius 2 is 1.88 bits per heavy atom. The molecule has 1 unspecified atom stereocenters. The lowest BCUT2D eigenvalue weighted by atomic mass is 9.95. The van der Waals surface area contributed by atoms with Gasteiger partial charge in [0.05, 0.1) is 12.6 Å². The summed E-state index contributed by atoms with van der Waals surface area (Å²) < 4.78 is 0. The van der Waals surface area contributed by atoms with Crippen molar-refractivity contribution in [1.29, 1.82) is 0 Å². The van der Waals surface area contributed by atoms with Crippen LogP contribution in [0.4, 0.5) is 0 Å². The number of aliphatic hydroxyl groups excluding tert-OH is 1. The van der Waals surface area contributed by atoms with E-state index >= 15 is 0 Å². The highest BCUT2D eigenvalue weighted by Crippen LogP contribution is 2.24. The molecule has 3 aromatic rings. The molecule has 0 aliphatic rings. The normalized spacial score (nSPS) is 11.8. The number of carbonyl (C=O) groups is 1. The van der Waals surface area contributed by atoms with Gasteiger partial charge in [-0.05, 0) is 53.4 Å². The topological polar surface area (TPSA) is 75.1 Å². The average molecular weight is 333 g/mol. The monoisotopic (exact) mass is 333 g/mol. The largest absolute Gasteiger partial charge is 0.392 e. The number of carbonyl (C=O) groups excluding carboxylic acids is 1. The molecule has 2 N–H and O–H groups in total. The minimum Gasteiger partial charge on any atom is -0.392 e. The van der Waals surface area contributed by atoms with E-state index < -0.39 is 0 Å². The Morgan fingerprint density at radius 1 is 1.12 bits per heavy atom. The Labute approximate surface area is 146 Å². The molecule has 0 aliphatic carbocycles. The summed E-state index contributed by atoms with van der Waals surface area (Å²) in [6.07, 6.45) is 4.93. The lowest BCUT2D eigenvalue weighted by molar-refractivity contribution is 0.0937. The highest BCUT2D eigenvalue weighted by Gasteiger charge is 2.20. The van der Waals surface area contributed by atoms with Gasteiger partial charge < -0.3 is 10.4 Å². The summed E-state index contributed by atoms with van der Waals surface area (Å²) in [4.78, 5) is 20.9. The van der Waals surface area contributed by atoms with Crippen LogP contribution in [0.5, 0.6) is 0 Å². The molecule has 0 saturated carbocycles. The molecule has 1 aromatic carbocycles. The molecule has 0 spiro atoms. The number of aliphatic hydroxyl groups is 1. The molecule has 2 aromatic heterocycles. The number of nitrogens with one attached hydrogen (secondary N) is 1. The fraction of sp³-hybridized carbons (Fsp3) is 0.150. The van der Waals surface area contributed by atoms with E-state index in [-0.39, 0.29) is 24.2 Å². The van der Waals surface area contributed by atoms with Crippen LogP contribution in [-0.4, -0.2) is 21.0 Å². The van der Waals surface area contributed by atoms with E-state index in [4.69, 9.17) is 0 Å². The maximum absolute atomic E-state index is 12.7. The van der Waals surface area contributed by atoms with Crippen LogP contribution in [0.3, 0.4) is 0 Å². The summed E-state index contributed by atoms with van der Waals surface area (Å²) in [5.74, 6) is -0.291. The predicted octanol–water partition coefficient (Wildman–Crippen LogP) is 2.80. The van der Waals surface area contributed by atoms with E-state index in [0.29, 0.717) is 5.56 Å². The van der Waals surface area contributed by atoms with E-state index in [9.17, 15) is 9.90 Å². The van der Waals surface area contributed by atoms with Gasteiger partial charge in [-0.3, -0.25) is 14.8 Å². The third-order valence-corrected chi connectivity index (χ3v) is 4.05. The Bertz CT molecular complexity index is 866. The van der Waals surface area contributed by atoms with Crippen molar-refractivity contribution in [3.8, 4) is 0 Å². The fourth-order valence-electron chi connectivity index (χ4n) is 2.71. The number of rotatable bonds is 5. The van der Waals surface area contributed by atoms with Crippen LogP contribution >= 0.6 is 0 Å². The van der Waals surface area contributed by atoms with Crippen LogP contribution < -0.4 is 5.32 Å². The zero-order valence-electron chi connectivity index (χ0n) is 13.9. The third kappa shape index (κ3) is 3.89. The number of amides is 1. The van der Waals surface area contributed by atoms with Crippen molar-refractivity contribution in [2.45, 2.75) is 19.6 Å². The molecule has 2 heterocycles. The molecule has 0 saturated heterocycles. The Morgan fingerprint density at radius 3 is 2.60 bits per heavy atom. The van der Waals surface area contributed by atoms with Gasteiger partial charge in [-0.2, -0.15) is 0 Å². The van der Waals surface area contributed by atoms with E-state index in [1.165, 1.54) is 6.20 Å². The summed E-state index contributed by atoms with van der Waals surface area (Å²) in [6, 6.07) is 14.7. The number of hydrogen-bond acceptors (Lipinski definition) is 4. The zero-order valence-corrected chi connectivity index (χ0v) is 13.9. The summed E-state index contributed by atoms with van der Waals surface area (Å²) in [5, 5.41) is 12.3. The molecule has 0 bridgehead atoms. The molecule has 0 fully saturated rings. The predicted molar refractivity (Wildman–Crippen MR) is 94.9 cm³/mol. The zero-order chi connectivity index (χ0) is 17.6.